The number of rotatable bonds is 6. The molecule has 0 saturated carbocycles. The fraction of sp³-hybridized carbons (Fsp3) is 0.733. The fourth-order valence-corrected chi connectivity index (χ4v) is 2.82. The molecule has 1 atom stereocenters. The number of hydrogen-bond donors (Lipinski definition) is 1. The first-order valence-electron chi connectivity index (χ1n) is 7.26. The van der Waals surface area contributed by atoms with E-state index < -0.39 is 0 Å². The van der Waals surface area contributed by atoms with Crippen molar-refractivity contribution in [2.24, 2.45) is 5.73 Å². The van der Waals surface area contributed by atoms with E-state index in [1.165, 1.54) is 23.4 Å². The van der Waals surface area contributed by atoms with Crippen molar-refractivity contribution >= 4 is 0 Å². The van der Waals surface area contributed by atoms with Gasteiger partial charge in [0.2, 0.25) is 0 Å². The number of ether oxygens (including phenoxy) is 1. The normalized spacial score (nSPS) is 18.9. The maximum atomic E-state index is 6.19. The first kappa shape index (κ1) is 14.6. The summed E-state index contributed by atoms with van der Waals surface area (Å²) < 4.78 is 8.09. The average molecular weight is 265 g/mol. The molecule has 1 aromatic rings. The Bertz CT molecular complexity index is 412. The standard InChI is InChI=1S/C15H27N3O/c1-12-11-13-14(16)5-4-6-15(13)18(12)8-10-19-9-7-17(2)3/h11,14H,4-10,16H2,1-3H3. The summed E-state index contributed by atoms with van der Waals surface area (Å²) in [7, 11) is 4.13. The van der Waals surface area contributed by atoms with Gasteiger partial charge in [-0.25, -0.2) is 0 Å². The fourth-order valence-electron chi connectivity index (χ4n) is 2.82. The molecular weight excluding hydrogens is 238 g/mol. The number of aromatic nitrogens is 1. The summed E-state index contributed by atoms with van der Waals surface area (Å²) in [4.78, 5) is 2.14. The van der Waals surface area contributed by atoms with Crippen molar-refractivity contribution < 1.29 is 4.74 Å². The summed E-state index contributed by atoms with van der Waals surface area (Å²) in [5.41, 5.74) is 10.3. The molecule has 4 nitrogen and oxygen atoms in total. The van der Waals surface area contributed by atoms with Gasteiger partial charge in [-0.15, -0.1) is 0 Å². The Kier molecular flexibility index (Phi) is 5.02. The van der Waals surface area contributed by atoms with Gasteiger partial charge in [0.05, 0.1) is 13.2 Å². The molecule has 1 aliphatic rings. The highest BCUT2D eigenvalue weighted by molar-refractivity contribution is 5.32. The van der Waals surface area contributed by atoms with Gasteiger partial charge in [0, 0.05) is 30.5 Å². The van der Waals surface area contributed by atoms with Crippen LogP contribution in [0.15, 0.2) is 6.07 Å². The lowest BCUT2D eigenvalue weighted by molar-refractivity contribution is 0.110. The summed E-state index contributed by atoms with van der Waals surface area (Å²) in [6.45, 7) is 5.68. The van der Waals surface area contributed by atoms with Gasteiger partial charge in [-0.2, -0.15) is 0 Å². The molecule has 19 heavy (non-hydrogen) atoms. The predicted octanol–water partition coefficient (Wildman–Crippen LogP) is 1.71. The van der Waals surface area contributed by atoms with Crippen LogP contribution in [0.2, 0.25) is 0 Å². The molecule has 0 fully saturated rings. The molecular formula is C15H27N3O. The molecule has 1 aromatic heterocycles. The van der Waals surface area contributed by atoms with E-state index >= 15 is 0 Å². The zero-order valence-electron chi connectivity index (χ0n) is 12.5. The van der Waals surface area contributed by atoms with E-state index in [2.05, 4.69) is 36.6 Å². The largest absolute Gasteiger partial charge is 0.378 e. The van der Waals surface area contributed by atoms with Crippen LogP contribution in [0.1, 0.15) is 35.8 Å². The summed E-state index contributed by atoms with van der Waals surface area (Å²) in [5, 5.41) is 0. The monoisotopic (exact) mass is 265 g/mol. The molecule has 4 heteroatoms. The van der Waals surface area contributed by atoms with Crippen molar-refractivity contribution in [3.8, 4) is 0 Å². The van der Waals surface area contributed by atoms with E-state index in [1.807, 2.05) is 0 Å². The Morgan fingerprint density at radius 3 is 2.95 bits per heavy atom. The van der Waals surface area contributed by atoms with Crippen LogP contribution in [0.4, 0.5) is 0 Å². The molecule has 0 radical (unpaired) electrons. The Morgan fingerprint density at radius 2 is 2.21 bits per heavy atom. The van der Waals surface area contributed by atoms with Crippen LogP contribution < -0.4 is 5.73 Å². The van der Waals surface area contributed by atoms with Crippen LogP contribution in [-0.4, -0.2) is 43.3 Å². The third-order valence-electron chi connectivity index (χ3n) is 3.92. The number of aryl methyl sites for hydroxylation is 1. The molecule has 1 unspecified atom stereocenters. The SMILES string of the molecule is Cc1cc2c(n1CCOCCN(C)C)CCCC2N. The van der Waals surface area contributed by atoms with Crippen LogP contribution >= 0.6 is 0 Å². The maximum absolute atomic E-state index is 6.19. The van der Waals surface area contributed by atoms with Crippen molar-refractivity contribution in [3.05, 3.63) is 23.0 Å². The average Bonchev–Trinajstić information content (AvgIpc) is 2.67. The first-order valence-corrected chi connectivity index (χ1v) is 7.26. The van der Waals surface area contributed by atoms with Crippen molar-refractivity contribution in [2.75, 3.05) is 33.9 Å². The molecule has 108 valence electrons. The van der Waals surface area contributed by atoms with E-state index in [9.17, 15) is 0 Å². The van der Waals surface area contributed by atoms with E-state index in [-0.39, 0.29) is 6.04 Å². The van der Waals surface area contributed by atoms with Gasteiger partial charge in [-0.05, 0) is 51.9 Å². The van der Waals surface area contributed by atoms with Gasteiger partial charge >= 0.3 is 0 Å². The Morgan fingerprint density at radius 1 is 1.42 bits per heavy atom. The smallest absolute Gasteiger partial charge is 0.0646 e. The highest BCUT2D eigenvalue weighted by atomic mass is 16.5. The van der Waals surface area contributed by atoms with E-state index in [0.29, 0.717) is 0 Å². The van der Waals surface area contributed by atoms with E-state index in [0.717, 1.165) is 39.1 Å². The Balaban J connectivity index is 1.90. The minimum Gasteiger partial charge on any atom is -0.378 e. The number of nitrogens with two attached hydrogens (primary N) is 1. The van der Waals surface area contributed by atoms with Crippen molar-refractivity contribution in [3.63, 3.8) is 0 Å². The van der Waals surface area contributed by atoms with Crippen molar-refractivity contribution in [1.82, 2.24) is 9.47 Å². The maximum Gasteiger partial charge on any atom is 0.0646 e. The molecule has 0 saturated heterocycles. The summed E-state index contributed by atoms with van der Waals surface area (Å²) >= 11 is 0. The number of fused-ring (bicyclic) bond motifs is 1. The molecule has 0 aromatic carbocycles. The Hall–Kier alpha value is -0.840. The minimum absolute atomic E-state index is 0.235. The molecule has 1 heterocycles. The van der Waals surface area contributed by atoms with Gasteiger partial charge in [0.25, 0.3) is 0 Å². The molecule has 0 bridgehead atoms. The lowest BCUT2D eigenvalue weighted by Gasteiger charge is -2.21. The van der Waals surface area contributed by atoms with Gasteiger partial charge in [0.1, 0.15) is 0 Å². The van der Waals surface area contributed by atoms with Crippen LogP contribution in [-0.2, 0) is 17.7 Å². The summed E-state index contributed by atoms with van der Waals surface area (Å²) in [6.07, 6.45) is 3.49. The number of hydrogen-bond acceptors (Lipinski definition) is 3. The van der Waals surface area contributed by atoms with Gasteiger partial charge in [0.15, 0.2) is 0 Å². The zero-order valence-corrected chi connectivity index (χ0v) is 12.5. The summed E-state index contributed by atoms with van der Waals surface area (Å²) in [6, 6.07) is 2.50. The third-order valence-corrected chi connectivity index (χ3v) is 3.92. The first-order chi connectivity index (χ1) is 9.09. The molecule has 2 rings (SSSR count). The lowest BCUT2D eigenvalue weighted by Crippen LogP contribution is -2.21. The molecule has 1 aliphatic carbocycles. The molecule has 0 aliphatic heterocycles. The highest BCUT2D eigenvalue weighted by Gasteiger charge is 2.21. The van der Waals surface area contributed by atoms with Crippen LogP contribution in [0.25, 0.3) is 0 Å². The molecule has 2 N–H and O–H groups in total. The van der Waals surface area contributed by atoms with Crippen molar-refractivity contribution in [2.45, 2.75) is 38.8 Å². The summed E-state index contributed by atoms with van der Waals surface area (Å²) in [5.74, 6) is 0. The second kappa shape index (κ2) is 6.55. The number of likely N-dealkylation sites (N-methyl/N-ethyl adjacent to an activating group) is 1. The zero-order chi connectivity index (χ0) is 13.8. The predicted molar refractivity (Wildman–Crippen MR) is 78.4 cm³/mol. The van der Waals surface area contributed by atoms with E-state index in [4.69, 9.17) is 10.5 Å². The van der Waals surface area contributed by atoms with Crippen LogP contribution in [0.5, 0.6) is 0 Å². The number of nitrogens with zero attached hydrogens (tertiary/aromatic N) is 2. The highest BCUT2D eigenvalue weighted by Crippen LogP contribution is 2.30. The Labute approximate surface area is 116 Å². The second-order valence-corrected chi connectivity index (χ2v) is 5.75. The van der Waals surface area contributed by atoms with E-state index in [1.54, 1.807) is 0 Å². The third kappa shape index (κ3) is 3.59. The molecule has 0 amide bonds. The van der Waals surface area contributed by atoms with Gasteiger partial charge in [-0.3, -0.25) is 0 Å². The van der Waals surface area contributed by atoms with Crippen LogP contribution in [0.3, 0.4) is 0 Å². The van der Waals surface area contributed by atoms with Gasteiger partial charge in [-0.1, -0.05) is 0 Å². The van der Waals surface area contributed by atoms with Crippen molar-refractivity contribution in [1.29, 1.82) is 0 Å². The quantitative estimate of drug-likeness (QED) is 0.796. The van der Waals surface area contributed by atoms with Gasteiger partial charge < -0.3 is 19.9 Å². The van der Waals surface area contributed by atoms with Crippen LogP contribution in [0, 0.1) is 6.92 Å². The second-order valence-electron chi connectivity index (χ2n) is 5.75. The lowest BCUT2D eigenvalue weighted by atomic mass is 9.93. The minimum atomic E-state index is 0.235. The topological polar surface area (TPSA) is 43.4 Å². The molecule has 0 spiro atoms.